The average molecular weight is 269 g/mol. The third-order valence-electron chi connectivity index (χ3n) is 1.50. The zero-order chi connectivity index (χ0) is 11.1. The number of hydrogen-bond acceptors (Lipinski definition) is 4. The van der Waals surface area contributed by atoms with E-state index in [9.17, 15) is 9.59 Å². The molecule has 0 radical (unpaired) electrons. The molecule has 0 saturated carbocycles. The molecule has 14 heavy (non-hydrogen) atoms. The summed E-state index contributed by atoms with van der Waals surface area (Å²) in [5.74, 6) is -2.04. The molecule has 2 atom stereocenters. The predicted molar refractivity (Wildman–Crippen MR) is 51.2 cm³/mol. The molecular formula is C7H14N2O4Se. The third-order valence-corrected chi connectivity index (χ3v) is 3.85. The van der Waals surface area contributed by atoms with Crippen molar-refractivity contribution in [1.29, 1.82) is 0 Å². The summed E-state index contributed by atoms with van der Waals surface area (Å²) >= 11 is 0.0465. The molecule has 0 aromatic rings. The Labute approximate surface area is 87.8 Å². The Morgan fingerprint density at radius 2 is 1.64 bits per heavy atom. The van der Waals surface area contributed by atoms with Crippen molar-refractivity contribution in [3.63, 3.8) is 0 Å². The summed E-state index contributed by atoms with van der Waals surface area (Å²) < 4.78 is 0. The van der Waals surface area contributed by atoms with Crippen molar-refractivity contribution in [3.05, 3.63) is 0 Å². The Hall–Kier alpha value is -0.621. The molecule has 0 aromatic carbocycles. The normalized spacial score (nSPS) is 14.7. The van der Waals surface area contributed by atoms with Gasteiger partial charge >= 0.3 is 87.3 Å². The van der Waals surface area contributed by atoms with E-state index in [-0.39, 0.29) is 15.0 Å². The molecule has 0 spiro atoms. The molecule has 0 heterocycles. The second kappa shape index (κ2) is 6.78. The molecule has 2 unspecified atom stereocenters. The summed E-state index contributed by atoms with van der Waals surface area (Å²) in [6.07, 6.45) is 0.377. The fraction of sp³-hybridized carbons (Fsp3) is 0.714. The van der Waals surface area contributed by atoms with Crippen molar-refractivity contribution in [3.8, 4) is 0 Å². The van der Waals surface area contributed by atoms with Gasteiger partial charge in [-0.2, -0.15) is 0 Å². The van der Waals surface area contributed by atoms with E-state index in [2.05, 4.69) is 0 Å². The van der Waals surface area contributed by atoms with Crippen LogP contribution in [0.2, 0.25) is 10.6 Å². The fourth-order valence-corrected chi connectivity index (χ4v) is 2.68. The standard InChI is InChI=1S/C7H14N2O4Se/c8-4(6(10)11)1-2-14-3-5(9)7(12)13/h4-5H,1-3,8-9H2,(H,10,11)(H,12,13). The van der Waals surface area contributed by atoms with E-state index >= 15 is 0 Å². The summed E-state index contributed by atoms with van der Waals surface area (Å²) in [6, 6.07) is -1.69. The van der Waals surface area contributed by atoms with Gasteiger partial charge in [0, 0.05) is 0 Å². The molecule has 0 rings (SSSR count). The van der Waals surface area contributed by atoms with Crippen LogP contribution in [0.1, 0.15) is 6.42 Å². The van der Waals surface area contributed by atoms with Crippen LogP contribution in [0.25, 0.3) is 0 Å². The topological polar surface area (TPSA) is 127 Å². The zero-order valence-electron chi connectivity index (χ0n) is 7.55. The molecule has 0 saturated heterocycles. The first-order valence-electron chi connectivity index (χ1n) is 3.99. The van der Waals surface area contributed by atoms with Gasteiger partial charge < -0.3 is 0 Å². The summed E-state index contributed by atoms with van der Waals surface area (Å²) in [6.45, 7) is 0. The van der Waals surface area contributed by atoms with E-state index < -0.39 is 24.0 Å². The van der Waals surface area contributed by atoms with Gasteiger partial charge in [-0.3, -0.25) is 0 Å². The minimum absolute atomic E-state index is 0.0465. The first-order valence-corrected chi connectivity index (χ1v) is 6.42. The molecule has 0 aliphatic heterocycles. The second-order valence-electron chi connectivity index (χ2n) is 2.75. The van der Waals surface area contributed by atoms with Crippen molar-refractivity contribution in [2.24, 2.45) is 11.5 Å². The zero-order valence-corrected chi connectivity index (χ0v) is 9.26. The van der Waals surface area contributed by atoms with Crippen molar-refractivity contribution in [1.82, 2.24) is 0 Å². The van der Waals surface area contributed by atoms with Crippen LogP contribution in [0, 0.1) is 0 Å². The molecule has 0 aliphatic carbocycles. The number of aliphatic carboxylic acids is 2. The molecule has 6 nitrogen and oxygen atoms in total. The van der Waals surface area contributed by atoms with E-state index in [1.807, 2.05) is 0 Å². The van der Waals surface area contributed by atoms with Crippen LogP contribution >= 0.6 is 0 Å². The molecular weight excluding hydrogens is 255 g/mol. The maximum atomic E-state index is 10.3. The Balaban J connectivity index is 3.47. The summed E-state index contributed by atoms with van der Waals surface area (Å²) in [7, 11) is 0. The molecule has 82 valence electrons. The first kappa shape index (κ1) is 13.4. The van der Waals surface area contributed by atoms with Crippen LogP contribution in [0.3, 0.4) is 0 Å². The first-order chi connectivity index (χ1) is 6.45. The SMILES string of the molecule is NC(CC[Se]CC(N)C(=O)O)C(=O)O. The maximum absolute atomic E-state index is 10.3. The van der Waals surface area contributed by atoms with Crippen LogP contribution in [-0.2, 0) is 9.59 Å². The van der Waals surface area contributed by atoms with Gasteiger partial charge in [-0.1, -0.05) is 0 Å². The Kier molecular flexibility index (Phi) is 6.48. The van der Waals surface area contributed by atoms with Gasteiger partial charge in [0.25, 0.3) is 0 Å². The van der Waals surface area contributed by atoms with Gasteiger partial charge in [0.05, 0.1) is 0 Å². The van der Waals surface area contributed by atoms with Crippen molar-refractivity contribution >= 4 is 26.9 Å². The second-order valence-corrected chi connectivity index (χ2v) is 5.17. The monoisotopic (exact) mass is 270 g/mol. The Morgan fingerprint density at radius 3 is 2.07 bits per heavy atom. The number of carboxylic acids is 2. The van der Waals surface area contributed by atoms with Crippen molar-refractivity contribution in [2.45, 2.75) is 29.1 Å². The Morgan fingerprint density at radius 1 is 1.14 bits per heavy atom. The van der Waals surface area contributed by atoms with Gasteiger partial charge in [-0.15, -0.1) is 0 Å². The van der Waals surface area contributed by atoms with E-state index in [1.54, 1.807) is 0 Å². The van der Waals surface area contributed by atoms with Crippen molar-refractivity contribution in [2.75, 3.05) is 0 Å². The van der Waals surface area contributed by atoms with E-state index in [4.69, 9.17) is 21.7 Å². The van der Waals surface area contributed by atoms with Gasteiger partial charge in [0.15, 0.2) is 0 Å². The van der Waals surface area contributed by atoms with Crippen LogP contribution in [0.4, 0.5) is 0 Å². The van der Waals surface area contributed by atoms with Crippen LogP contribution in [0.5, 0.6) is 0 Å². The summed E-state index contributed by atoms with van der Waals surface area (Å²) in [5, 5.41) is 17.9. The van der Waals surface area contributed by atoms with E-state index in [0.717, 1.165) is 0 Å². The summed E-state index contributed by atoms with van der Waals surface area (Å²) in [5.41, 5.74) is 10.5. The van der Waals surface area contributed by atoms with Gasteiger partial charge in [0.2, 0.25) is 0 Å². The molecule has 0 bridgehead atoms. The van der Waals surface area contributed by atoms with E-state index in [0.29, 0.717) is 17.1 Å². The molecule has 0 aromatic heterocycles. The molecule has 0 fully saturated rings. The third kappa shape index (κ3) is 5.93. The van der Waals surface area contributed by atoms with Crippen LogP contribution in [-0.4, -0.2) is 49.2 Å². The van der Waals surface area contributed by atoms with Gasteiger partial charge in [0.1, 0.15) is 0 Å². The van der Waals surface area contributed by atoms with Crippen LogP contribution in [0.15, 0.2) is 0 Å². The van der Waals surface area contributed by atoms with E-state index in [1.165, 1.54) is 0 Å². The van der Waals surface area contributed by atoms with Gasteiger partial charge in [-0.25, -0.2) is 0 Å². The number of hydrogen-bond donors (Lipinski definition) is 4. The number of nitrogens with two attached hydrogens (primary N) is 2. The van der Waals surface area contributed by atoms with Crippen LogP contribution < -0.4 is 11.5 Å². The molecule has 7 heteroatoms. The molecule has 0 amide bonds. The molecule has 6 N–H and O–H groups in total. The average Bonchev–Trinajstić information content (AvgIpc) is 2.11. The summed E-state index contributed by atoms with van der Waals surface area (Å²) in [4.78, 5) is 20.6. The number of rotatable bonds is 7. The van der Waals surface area contributed by atoms with Gasteiger partial charge in [-0.05, 0) is 0 Å². The minimum atomic E-state index is -1.02. The Bertz CT molecular complexity index is 190. The number of carbonyl (C=O) groups is 2. The number of carboxylic acid groups (broad SMARTS) is 2. The fourth-order valence-electron chi connectivity index (χ4n) is 0.615. The quantitative estimate of drug-likeness (QED) is 0.337. The molecule has 0 aliphatic rings. The van der Waals surface area contributed by atoms with Crippen molar-refractivity contribution < 1.29 is 19.8 Å². The predicted octanol–water partition coefficient (Wildman–Crippen LogP) is -1.26.